The summed E-state index contributed by atoms with van der Waals surface area (Å²) in [4.78, 5) is 10.4. The molecule has 0 spiro atoms. The van der Waals surface area contributed by atoms with Crippen LogP contribution in [0.4, 0.5) is 0 Å². The SMILES string of the molecule is CC(=O)N=S1(=O)CC(C#N)C1. The number of carbonyl (C=O) groups excluding carboxylic acids is 1. The van der Waals surface area contributed by atoms with E-state index in [0.717, 1.165) is 0 Å². The van der Waals surface area contributed by atoms with Crippen molar-refractivity contribution < 1.29 is 9.00 Å². The fraction of sp³-hybridized carbons (Fsp3) is 0.667. The second-order valence-corrected chi connectivity index (χ2v) is 4.94. The Hall–Kier alpha value is -0.890. The summed E-state index contributed by atoms with van der Waals surface area (Å²) in [6.07, 6.45) is 0. The van der Waals surface area contributed by atoms with Crippen molar-refractivity contribution in [3.05, 3.63) is 0 Å². The Morgan fingerprint density at radius 2 is 2.27 bits per heavy atom. The average molecular weight is 172 g/mol. The van der Waals surface area contributed by atoms with Gasteiger partial charge >= 0.3 is 0 Å². The quantitative estimate of drug-likeness (QED) is 0.522. The molecule has 0 aliphatic carbocycles. The predicted molar refractivity (Wildman–Crippen MR) is 40.1 cm³/mol. The number of nitriles is 1. The molecule has 0 unspecified atom stereocenters. The van der Waals surface area contributed by atoms with Crippen LogP contribution in [0.25, 0.3) is 0 Å². The van der Waals surface area contributed by atoms with Gasteiger partial charge in [0.05, 0.1) is 21.7 Å². The van der Waals surface area contributed by atoms with E-state index in [1.807, 2.05) is 6.07 Å². The van der Waals surface area contributed by atoms with Crippen LogP contribution in [0.1, 0.15) is 6.92 Å². The Labute approximate surface area is 65.4 Å². The van der Waals surface area contributed by atoms with Gasteiger partial charge in [-0.1, -0.05) is 0 Å². The molecule has 5 heteroatoms. The van der Waals surface area contributed by atoms with Crippen molar-refractivity contribution in [3.8, 4) is 6.07 Å². The van der Waals surface area contributed by atoms with E-state index in [2.05, 4.69) is 4.36 Å². The Morgan fingerprint density at radius 3 is 2.64 bits per heavy atom. The minimum atomic E-state index is -2.30. The van der Waals surface area contributed by atoms with Crippen molar-refractivity contribution in [1.82, 2.24) is 0 Å². The minimum absolute atomic E-state index is 0.161. The maximum atomic E-state index is 11.3. The molecule has 0 N–H and O–H groups in total. The molecule has 1 saturated heterocycles. The van der Waals surface area contributed by atoms with Gasteiger partial charge in [-0.15, -0.1) is 0 Å². The molecule has 1 rings (SSSR count). The number of amides is 1. The standard InChI is InChI=1S/C6H8N2O2S/c1-5(9)8-11(10)3-6(2-7)4-11/h6H,3-4H2,1H3. The van der Waals surface area contributed by atoms with E-state index >= 15 is 0 Å². The molecule has 1 amide bonds. The lowest BCUT2D eigenvalue weighted by Crippen LogP contribution is -2.35. The summed E-state index contributed by atoms with van der Waals surface area (Å²) in [6.45, 7) is 1.27. The largest absolute Gasteiger partial charge is 0.272 e. The van der Waals surface area contributed by atoms with Gasteiger partial charge in [0, 0.05) is 18.4 Å². The molecule has 1 fully saturated rings. The van der Waals surface area contributed by atoms with Gasteiger partial charge in [-0.05, 0) is 0 Å². The second kappa shape index (κ2) is 2.62. The number of carbonyl (C=O) groups is 1. The van der Waals surface area contributed by atoms with Gasteiger partial charge < -0.3 is 0 Å². The zero-order valence-corrected chi connectivity index (χ0v) is 6.93. The van der Waals surface area contributed by atoms with Crippen LogP contribution in [0.3, 0.4) is 0 Å². The summed E-state index contributed by atoms with van der Waals surface area (Å²) in [6, 6.07) is 1.98. The first-order chi connectivity index (χ1) is 5.06. The van der Waals surface area contributed by atoms with Crippen LogP contribution in [0, 0.1) is 17.2 Å². The Kier molecular flexibility index (Phi) is 1.96. The molecule has 11 heavy (non-hydrogen) atoms. The molecule has 1 aliphatic rings. The van der Waals surface area contributed by atoms with E-state index in [-0.39, 0.29) is 17.4 Å². The van der Waals surface area contributed by atoms with Crippen LogP contribution in [0.15, 0.2) is 4.36 Å². The molecular weight excluding hydrogens is 164 g/mol. The maximum Gasteiger partial charge on any atom is 0.250 e. The van der Waals surface area contributed by atoms with Crippen LogP contribution in [0.2, 0.25) is 0 Å². The van der Waals surface area contributed by atoms with E-state index in [0.29, 0.717) is 0 Å². The Balaban J connectivity index is 2.73. The molecular formula is C6H8N2O2S. The molecule has 60 valence electrons. The molecule has 0 aromatic rings. The highest BCUT2D eigenvalue weighted by atomic mass is 32.2. The first kappa shape index (κ1) is 8.21. The van der Waals surface area contributed by atoms with Crippen molar-refractivity contribution in [3.63, 3.8) is 0 Å². The fourth-order valence-electron chi connectivity index (χ4n) is 0.963. The molecule has 0 aromatic carbocycles. The van der Waals surface area contributed by atoms with Gasteiger partial charge in [0.15, 0.2) is 0 Å². The lowest BCUT2D eigenvalue weighted by Gasteiger charge is -2.22. The number of hydrogen-bond acceptors (Lipinski definition) is 3. The van der Waals surface area contributed by atoms with Crippen molar-refractivity contribution in [2.45, 2.75) is 6.92 Å². The van der Waals surface area contributed by atoms with E-state index < -0.39 is 15.6 Å². The van der Waals surface area contributed by atoms with Crippen LogP contribution < -0.4 is 0 Å². The van der Waals surface area contributed by atoms with E-state index in [1.165, 1.54) is 6.92 Å². The van der Waals surface area contributed by atoms with Crippen LogP contribution in [-0.4, -0.2) is 21.6 Å². The minimum Gasteiger partial charge on any atom is -0.272 e. The summed E-state index contributed by atoms with van der Waals surface area (Å²) in [5, 5.41) is 8.35. The molecule has 1 aliphatic heterocycles. The lowest BCUT2D eigenvalue weighted by molar-refractivity contribution is -0.115. The van der Waals surface area contributed by atoms with Crippen LogP contribution in [0.5, 0.6) is 0 Å². The van der Waals surface area contributed by atoms with Crippen molar-refractivity contribution in [2.24, 2.45) is 10.3 Å². The monoisotopic (exact) mass is 172 g/mol. The third kappa shape index (κ3) is 1.77. The van der Waals surface area contributed by atoms with Gasteiger partial charge in [-0.2, -0.15) is 9.62 Å². The van der Waals surface area contributed by atoms with Crippen molar-refractivity contribution in [1.29, 1.82) is 5.26 Å². The first-order valence-electron chi connectivity index (χ1n) is 3.18. The van der Waals surface area contributed by atoms with Gasteiger partial charge in [-0.25, -0.2) is 4.21 Å². The number of rotatable bonds is 0. The third-order valence-electron chi connectivity index (χ3n) is 1.40. The summed E-state index contributed by atoms with van der Waals surface area (Å²) in [5.41, 5.74) is 0. The predicted octanol–water partition coefficient (Wildman–Crippen LogP) is 0.154. The normalized spacial score (nSPS) is 35.1. The third-order valence-corrected chi connectivity index (χ3v) is 3.84. The van der Waals surface area contributed by atoms with Crippen molar-refractivity contribution >= 4 is 15.6 Å². The van der Waals surface area contributed by atoms with Gasteiger partial charge in [0.2, 0.25) is 0 Å². The molecule has 0 bridgehead atoms. The molecule has 0 radical (unpaired) electrons. The summed E-state index contributed by atoms with van der Waals surface area (Å²) >= 11 is 0. The average Bonchev–Trinajstić information content (AvgIpc) is 1.80. The highest BCUT2D eigenvalue weighted by molar-refractivity contribution is 7.95. The van der Waals surface area contributed by atoms with Gasteiger partial charge in [0.1, 0.15) is 0 Å². The molecule has 4 nitrogen and oxygen atoms in total. The smallest absolute Gasteiger partial charge is 0.250 e. The van der Waals surface area contributed by atoms with Gasteiger partial charge in [-0.3, -0.25) is 4.79 Å². The summed E-state index contributed by atoms with van der Waals surface area (Å²) < 4.78 is 14.7. The fourth-order valence-corrected chi connectivity index (χ4v) is 2.89. The highest BCUT2D eigenvalue weighted by Crippen LogP contribution is 2.19. The summed E-state index contributed by atoms with van der Waals surface area (Å²) in [7, 11) is -2.30. The highest BCUT2D eigenvalue weighted by Gasteiger charge is 2.31. The number of hydrogen-bond donors (Lipinski definition) is 0. The second-order valence-electron chi connectivity index (χ2n) is 2.54. The lowest BCUT2D eigenvalue weighted by atomic mass is 10.2. The van der Waals surface area contributed by atoms with Crippen LogP contribution >= 0.6 is 0 Å². The zero-order chi connectivity index (χ0) is 8.48. The summed E-state index contributed by atoms with van der Waals surface area (Å²) in [5.74, 6) is -0.0383. The van der Waals surface area contributed by atoms with Crippen LogP contribution in [-0.2, 0) is 14.5 Å². The Morgan fingerprint density at radius 1 is 1.73 bits per heavy atom. The zero-order valence-electron chi connectivity index (χ0n) is 6.11. The molecule has 0 saturated carbocycles. The Bertz CT molecular complexity index is 321. The van der Waals surface area contributed by atoms with Crippen molar-refractivity contribution in [2.75, 3.05) is 11.5 Å². The maximum absolute atomic E-state index is 11.3. The van der Waals surface area contributed by atoms with E-state index in [9.17, 15) is 9.00 Å². The van der Waals surface area contributed by atoms with Gasteiger partial charge in [0.25, 0.3) is 5.91 Å². The number of nitrogens with zero attached hydrogens (tertiary/aromatic N) is 2. The van der Waals surface area contributed by atoms with E-state index in [4.69, 9.17) is 5.26 Å². The molecule has 1 heterocycles. The molecule has 0 aromatic heterocycles. The molecule has 0 atom stereocenters. The van der Waals surface area contributed by atoms with E-state index in [1.54, 1.807) is 0 Å². The topological polar surface area (TPSA) is 70.3 Å². The first-order valence-corrected chi connectivity index (χ1v) is 5.04.